The zero-order valence-electron chi connectivity index (χ0n) is 5.79. The summed E-state index contributed by atoms with van der Waals surface area (Å²) in [6.45, 7) is 0. The van der Waals surface area contributed by atoms with Crippen LogP contribution in [0, 0.1) is 0 Å². The molecule has 50 valence electrons. The first-order valence-corrected chi connectivity index (χ1v) is 2.14. The topological polar surface area (TPSA) is 66.4 Å². The Hall–Kier alpha value is -0.320. The molecule has 0 aliphatic rings. The van der Waals surface area contributed by atoms with E-state index in [4.69, 9.17) is 0 Å². The molecule has 0 N–H and O–H groups in total. The average Bonchev–Trinajstić information content (AvgIpc) is 1.83. The molecule has 0 saturated heterocycles. The number of carbonyl (C=O) groups is 2. The van der Waals surface area contributed by atoms with E-state index in [1.807, 2.05) is 0 Å². The van der Waals surface area contributed by atoms with E-state index < -0.39 is 11.9 Å². The van der Waals surface area contributed by atoms with Crippen LogP contribution < -0.4 is 34.7 Å². The first kappa shape index (κ1) is 12.4. The normalized spacial score (nSPS) is 8.50. The fraction of sp³-hybridized carbons (Fsp3) is 0.200. The van der Waals surface area contributed by atoms with Gasteiger partial charge in [0.1, 0.15) is 0 Å². The van der Waals surface area contributed by atoms with E-state index in [2.05, 4.69) is 4.74 Å². The summed E-state index contributed by atoms with van der Waals surface area (Å²) in [6, 6.07) is 0. The molecule has 0 amide bonds. The average molecular weight is 152 g/mol. The molecule has 5 heteroatoms. The summed E-state index contributed by atoms with van der Waals surface area (Å²) in [6.07, 6.45) is 1.38. The molecule has 10 heavy (non-hydrogen) atoms. The molecule has 0 bridgehead atoms. The number of ether oxygens (including phenoxy) is 1. The van der Waals surface area contributed by atoms with Gasteiger partial charge in [-0.05, 0) is 6.08 Å². The third-order valence-electron chi connectivity index (χ3n) is 0.557. The van der Waals surface area contributed by atoms with E-state index >= 15 is 0 Å². The molecule has 0 rings (SSSR count). The fourth-order valence-electron chi connectivity index (χ4n) is 0.204. The van der Waals surface area contributed by atoms with Crippen molar-refractivity contribution in [2.24, 2.45) is 0 Å². The minimum atomic E-state index is -1.42. The molecule has 0 aromatic rings. The van der Waals surface area contributed by atoms with Crippen molar-refractivity contribution in [3.05, 3.63) is 12.2 Å². The summed E-state index contributed by atoms with van der Waals surface area (Å²) in [4.78, 5) is 19.7. The molecule has 0 atom stereocenters. The Bertz CT molecular complexity index is 152. The van der Waals surface area contributed by atoms with Gasteiger partial charge >= 0.3 is 35.5 Å². The molecule has 0 heterocycles. The number of methoxy groups -OCH3 is 1. The number of carboxylic acids is 1. The van der Waals surface area contributed by atoms with Gasteiger partial charge < -0.3 is 14.6 Å². The van der Waals surface area contributed by atoms with Crippen LogP contribution in [0.15, 0.2) is 12.2 Å². The van der Waals surface area contributed by atoms with Gasteiger partial charge in [-0.15, -0.1) is 0 Å². The molecule has 0 saturated carbocycles. The largest absolute Gasteiger partial charge is 1.00 e. The maximum Gasteiger partial charge on any atom is 1.00 e. The van der Waals surface area contributed by atoms with Gasteiger partial charge in [0.05, 0.1) is 13.1 Å². The van der Waals surface area contributed by atoms with Crippen LogP contribution in [0.25, 0.3) is 0 Å². The molecule has 4 nitrogen and oxygen atoms in total. The number of hydrogen-bond acceptors (Lipinski definition) is 4. The summed E-state index contributed by atoms with van der Waals surface area (Å²) in [5, 5.41) is 9.61. The Morgan fingerprint density at radius 3 is 2.20 bits per heavy atom. The summed E-state index contributed by atoms with van der Waals surface area (Å²) in [5.74, 6) is -2.13. The predicted octanol–water partition coefficient (Wildman–Crippen LogP) is -4.53. The van der Waals surface area contributed by atoms with Crippen molar-refractivity contribution in [1.29, 1.82) is 0 Å². The molecule has 0 aliphatic carbocycles. The van der Waals surface area contributed by atoms with Gasteiger partial charge in [-0.25, -0.2) is 4.79 Å². The van der Waals surface area contributed by atoms with E-state index in [9.17, 15) is 14.7 Å². The second kappa shape index (κ2) is 6.80. The van der Waals surface area contributed by atoms with Gasteiger partial charge in [0, 0.05) is 6.08 Å². The maximum atomic E-state index is 10.1. The monoisotopic (exact) mass is 152 g/mol. The van der Waals surface area contributed by atoms with E-state index in [0.29, 0.717) is 6.08 Å². The third-order valence-corrected chi connectivity index (χ3v) is 0.557. The van der Waals surface area contributed by atoms with Gasteiger partial charge in [-0.3, -0.25) is 0 Å². The predicted molar refractivity (Wildman–Crippen MR) is 26.2 cm³/mol. The van der Waals surface area contributed by atoms with Crippen molar-refractivity contribution in [3.63, 3.8) is 0 Å². The zero-order valence-corrected chi connectivity index (χ0v) is 7.79. The van der Waals surface area contributed by atoms with Crippen LogP contribution >= 0.6 is 0 Å². The quantitative estimate of drug-likeness (QED) is 0.227. The first-order chi connectivity index (χ1) is 4.16. The van der Waals surface area contributed by atoms with Crippen LogP contribution in [0.1, 0.15) is 0 Å². The van der Waals surface area contributed by atoms with Crippen molar-refractivity contribution in [2.75, 3.05) is 7.11 Å². The smallest absolute Gasteiger partial charge is 0.545 e. The third kappa shape index (κ3) is 7.68. The van der Waals surface area contributed by atoms with Gasteiger partial charge in [-0.1, -0.05) is 0 Å². The molecule has 0 aromatic carbocycles. The van der Waals surface area contributed by atoms with Crippen molar-refractivity contribution in [2.45, 2.75) is 0 Å². The standard InChI is InChI=1S/C5H6O4.Na/c1-9-5(8)3-2-4(6)7;/h2-3H,1H3,(H,6,7);/q;+1/p-1/b3-2+;. The molecule has 0 radical (unpaired) electrons. The molecule has 0 aliphatic heterocycles. The number of carboxylic acid groups (broad SMARTS) is 1. The van der Waals surface area contributed by atoms with Crippen molar-refractivity contribution in [1.82, 2.24) is 0 Å². The van der Waals surface area contributed by atoms with Crippen LogP contribution in [0.4, 0.5) is 0 Å². The van der Waals surface area contributed by atoms with Crippen LogP contribution in [0.3, 0.4) is 0 Å². The maximum absolute atomic E-state index is 10.1. The van der Waals surface area contributed by atoms with Crippen LogP contribution in [-0.2, 0) is 14.3 Å². The Labute approximate surface area is 80.2 Å². The molecular weight excluding hydrogens is 147 g/mol. The van der Waals surface area contributed by atoms with Crippen LogP contribution in [-0.4, -0.2) is 19.0 Å². The van der Waals surface area contributed by atoms with Crippen LogP contribution in [0.5, 0.6) is 0 Å². The summed E-state index contributed by atoms with van der Waals surface area (Å²) < 4.78 is 4.08. The number of esters is 1. The number of hydrogen-bond donors (Lipinski definition) is 0. The Balaban J connectivity index is 0. The van der Waals surface area contributed by atoms with Gasteiger partial charge in [0.25, 0.3) is 0 Å². The summed E-state index contributed by atoms with van der Waals surface area (Å²) >= 11 is 0. The molecule has 0 spiro atoms. The van der Waals surface area contributed by atoms with E-state index in [1.54, 1.807) is 0 Å². The summed E-state index contributed by atoms with van der Waals surface area (Å²) in [5.41, 5.74) is 0. The molecule has 0 fully saturated rings. The number of carbonyl (C=O) groups excluding carboxylic acids is 2. The minimum Gasteiger partial charge on any atom is -0.545 e. The SMILES string of the molecule is COC(=O)/C=C/C(=O)[O-].[Na+]. The fourth-order valence-corrected chi connectivity index (χ4v) is 0.204. The van der Waals surface area contributed by atoms with Crippen molar-refractivity contribution in [3.8, 4) is 0 Å². The van der Waals surface area contributed by atoms with Crippen molar-refractivity contribution >= 4 is 11.9 Å². The Morgan fingerprint density at radius 1 is 1.40 bits per heavy atom. The second-order valence-corrected chi connectivity index (χ2v) is 1.18. The Morgan fingerprint density at radius 2 is 1.90 bits per heavy atom. The summed E-state index contributed by atoms with van der Waals surface area (Å²) in [7, 11) is 1.15. The number of rotatable bonds is 2. The molecular formula is C5H5NaO4. The number of aliphatic carboxylic acids is 1. The Kier molecular flexibility index (Phi) is 8.40. The first-order valence-electron chi connectivity index (χ1n) is 2.14. The second-order valence-electron chi connectivity index (χ2n) is 1.18. The van der Waals surface area contributed by atoms with Gasteiger partial charge in [0.2, 0.25) is 0 Å². The van der Waals surface area contributed by atoms with Crippen molar-refractivity contribution < 1.29 is 49.0 Å². The molecule has 0 aromatic heterocycles. The van der Waals surface area contributed by atoms with E-state index in [-0.39, 0.29) is 29.6 Å². The van der Waals surface area contributed by atoms with E-state index in [1.165, 1.54) is 0 Å². The van der Waals surface area contributed by atoms with Gasteiger partial charge in [0.15, 0.2) is 0 Å². The van der Waals surface area contributed by atoms with E-state index in [0.717, 1.165) is 13.2 Å². The zero-order chi connectivity index (χ0) is 7.28. The van der Waals surface area contributed by atoms with Crippen LogP contribution in [0.2, 0.25) is 0 Å². The minimum absolute atomic E-state index is 0. The van der Waals surface area contributed by atoms with Gasteiger partial charge in [-0.2, -0.15) is 0 Å². The molecule has 0 unspecified atom stereocenters.